The number of aromatic nitrogens is 2. The van der Waals surface area contributed by atoms with Crippen LogP contribution in [0.3, 0.4) is 0 Å². The lowest BCUT2D eigenvalue weighted by molar-refractivity contribution is 0.583. The molecule has 2 N–H and O–H groups in total. The molecule has 0 radical (unpaired) electrons. The number of aromatic amines is 1. The molecule has 6 nitrogen and oxygen atoms in total. The van der Waals surface area contributed by atoms with Gasteiger partial charge in [0, 0.05) is 11.1 Å². The Kier molecular flexibility index (Phi) is 5.57. The van der Waals surface area contributed by atoms with Crippen molar-refractivity contribution in [1.29, 1.82) is 0 Å². The molecule has 1 heterocycles. The van der Waals surface area contributed by atoms with Gasteiger partial charge >= 0.3 is 0 Å². The van der Waals surface area contributed by atoms with Crippen LogP contribution in [0.1, 0.15) is 33.4 Å². The molecule has 0 amide bonds. The molecule has 1 aromatic heterocycles. The summed E-state index contributed by atoms with van der Waals surface area (Å²) >= 11 is 0. The van der Waals surface area contributed by atoms with E-state index in [0.717, 1.165) is 16.7 Å². The third-order valence-electron chi connectivity index (χ3n) is 5.38. The molecule has 3 rings (SSSR count). The first kappa shape index (κ1) is 20.7. The number of rotatable bonds is 5. The van der Waals surface area contributed by atoms with Crippen molar-refractivity contribution in [2.45, 2.75) is 39.5 Å². The first-order chi connectivity index (χ1) is 13.6. The Hall–Kier alpha value is -3.00. The molecule has 0 saturated heterocycles. The third kappa shape index (κ3) is 3.93. The second kappa shape index (κ2) is 7.79. The number of sulfonamides is 1. The lowest BCUT2D eigenvalue weighted by atomic mass is 9.95. The molecule has 152 valence electrons. The summed E-state index contributed by atoms with van der Waals surface area (Å²) in [5.74, 6) is -0.342. The minimum atomic E-state index is -3.85. The van der Waals surface area contributed by atoms with Crippen LogP contribution in [0.5, 0.6) is 0 Å². The molecular formula is C21H23FN4O2S. The van der Waals surface area contributed by atoms with Crippen LogP contribution in [-0.4, -0.2) is 24.8 Å². The highest BCUT2D eigenvalue weighted by Crippen LogP contribution is 2.29. The molecule has 0 aliphatic carbocycles. The van der Waals surface area contributed by atoms with Crippen molar-refractivity contribution in [3.05, 3.63) is 69.7 Å². The first-order valence-corrected chi connectivity index (χ1v) is 10.5. The van der Waals surface area contributed by atoms with E-state index in [-0.39, 0.29) is 10.7 Å². The molecule has 0 aliphatic rings. The maximum atomic E-state index is 13.1. The van der Waals surface area contributed by atoms with Crippen LogP contribution in [-0.2, 0) is 10.0 Å². The molecule has 0 bridgehead atoms. The largest absolute Gasteiger partial charge is 0.277 e. The van der Waals surface area contributed by atoms with Gasteiger partial charge in [0.05, 0.1) is 23.0 Å². The lowest BCUT2D eigenvalue weighted by Gasteiger charge is -2.18. The fraction of sp³-hybridized carbons (Fsp3) is 0.238. The van der Waals surface area contributed by atoms with E-state index in [2.05, 4.69) is 20.1 Å². The van der Waals surface area contributed by atoms with Crippen molar-refractivity contribution >= 4 is 16.2 Å². The molecule has 2 aromatic carbocycles. The van der Waals surface area contributed by atoms with Crippen LogP contribution < -0.4 is 4.83 Å². The van der Waals surface area contributed by atoms with Crippen molar-refractivity contribution < 1.29 is 12.8 Å². The number of halogens is 1. The lowest BCUT2D eigenvalue weighted by Crippen LogP contribution is -2.22. The van der Waals surface area contributed by atoms with E-state index >= 15 is 0 Å². The molecule has 0 atom stereocenters. The Bertz CT molecular complexity index is 1170. The zero-order valence-electron chi connectivity index (χ0n) is 17.0. The van der Waals surface area contributed by atoms with Crippen LogP contribution in [0.4, 0.5) is 4.39 Å². The predicted octanol–water partition coefficient (Wildman–Crippen LogP) is 4.07. The van der Waals surface area contributed by atoms with Gasteiger partial charge in [-0.3, -0.25) is 5.10 Å². The summed E-state index contributed by atoms with van der Waals surface area (Å²) in [6.45, 7) is 9.42. The van der Waals surface area contributed by atoms with Crippen LogP contribution >= 0.6 is 0 Å². The number of nitrogens with zero attached hydrogens (tertiary/aromatic N) is 2. The number of hydrazone groups is 1. The highest BCUT2D eigenvalue weighted by Gasteiger charge is 2.23. The van der Waals surface area contributed by atoms with Crippen LogP contribution in [0.25, 0.3) is 11.3 Å². The van der Waals surface area contributed by atoms with Crippen molar-refractivity contribution in [3.63, 3.8) is 0 Å². The summed E-state index contributed by atoms with van der Waals surface area (Å²) in [5, 5.41) is 10.7. The third-order valence-corrected chi connectivity index (χ3v) is 6.87. The predicted molar refractivity (Wildman–Crippen MR) is 112 cm³/mol. The van der Waals surface area contributed by atoms with Gasteiger partial charge in [-0.15, -0.1) is 0 Å². The van der Waals surface area contributed by atoms with Crippen molar-refractivity contribution in [1.82, 2.24) is 15.0 Å². The molecule has 0 spiro atoms. The van der Waals surface area contributed by atoms with Gasteiger partial charge in [0.15, 0.2) is 0 Å². The molecule has 0 unspecified atom stereocenters. The van der Waals surface area contributed by atoms with Gasteiger partial charge < -0.3 is 0 Å². The summed E-state index contributed by atoms with van der Waals surface area (Å²) in [5.41, 5.74) is 6.31. The average molecular weight is 415 g/mol. The second-order valence-corrected chi connectivity index (χ2v) is 8.61. The van der Waals surface area contributed by atoms with Gasteiger partial charge in [-0.1, -0.05) is 0 Å². The molecule has 8 heteroatoms. The zero-order chi connectivity index (χ0) is 21.3. The Labute approximate surface area is 169 Å². The van der Waals surface area contributed by atoms with Gasteiger partial charge in [0.25, 0.3) is 10.0 Å². The highest BCUT2D eigenvalue weighted by molar-refractivity contribution is 7.89. The highest BCUT2D eigenvalue weighted by atomic mass is 32.2. The number of H-pyrrole nitrogens is 1. The number of nitrogens with one attached hydrogen (secondary N) is 2. The van der Waals surface area contributed by atoms with Gasteiger partial charge in [-0.25, -0.2) is 9.22 Å². The molecule has 3 aromatic rings. The normalized spacial score (nSPS) is 11.9. The van der Waals surface area contributed by atoms with E-state index < -0.39 is 10.0 Å². The number of hydrogen-bond acceptors (Lipinski definition) is 4. The molecule has 0 fully saturated rings. The topological polar surface area (TPSA) is 87.2 Å². The van der Waals surface area contributed by atoms with Crippen molar-refractivity contribution in [2.75, 3.05) is 0 Å². The standard InChI is InChI=1S/C21H23FN4O2S/c1-12-13(2)15(4)21(16(5)14(12)3)29(27,28)26-24-11-18-10-23-25-20(18)17-6-8-19(22)9-7-17/h6-11,26H,1-5H3,(H,23,25)/b24-11+. The maximum Gasteiger partial charge on any atom is 0.277 e. The van der Waals surface area contributed by atoms with E-state index in [1.54, 1.807) is 26.0 Å². The fourth-order valence-electron chi connectivity index (χ4n) is 3.32. The SMILES string of the molecule is Cc1c(C)c(C)c(S(=O)(=O)N/N=C/c2cn[nH]c2-c2ccc(F)cc2)c(C)c1C. The van der Waals surface area contributed by atoms with Crippen molar-refractivity contribution in [2.24, 2.45) is 5.10 Å². The average Bonchev–Trinajstić information content (AvgIpc) is 3.13. The Morgan fingerprint density at radius 1 is 0.966 bits per heavy atom. The molecule has 29 heavy (non-hydrogen) atoms. The van der Waals surface area contributed by atoms with Gasteiger partial charge in [-0.05, 0) is 86.7 Å². The summed E-state index contributed by atoms with van der Waals surface area (Å²) in [4.78, 5) is 2.55. The van der Waals surface area contributed by atoms with Gasteiger partial charge in [0.2, 0.25) is 0 Å². The van der Waals surface area contributed by atoms with Gasteiger partial charge in [-0.2, -0.15) is 18.6 Å². The second-order valence-electron chi connectivity index (χ2n) is 7.01. The molecule has 0 saturated carbocycles. The summed E-state index contributed by atoms with van der Waals surface area (Å²) in [6.07, 6.45) is 2.89. The monoisotopic (exact) mass is 414 g/mol. The minimum absolute atomic E-state index is 0.251. The molecule has 0 aliphatic heterocycles. The van der Waals surface area contributed by atoms with Crippen LogP contribution in [0.2, 0.25) is 0 Å². The first-order valence-electron chi connectivity index (χ1n) is 9.04. The summed E-state index contributed by atoms with van der Waals surface area (Å²) in [7, 11) is -3.85. The van der Waals surface area contributed by atoms with E-state index in [1.807, 2.05) is 20.8 Å². The Balaban J connectivity index is 1.91. The summed E-state index contributed by atoms with van der Waals surface area (Å²) < 4.78 is 39.0. The zero-order valence-corrected chi connectivity index (χ0v) is 17.8. The van der Waals surface area contributed by atoms with E-state index in [0.29, 0.717) is 27.9 Å². The Morgan fingerprint density at radius 3 is 2.10 bits per heavy atom. The quantitative estimate of drug-likeness (QED) is 0.487. The van der Waals surface area contributed by atoms with Crippen molar-refractivity contribution in [3.8, 4) is 11.3 Å². The van der Waals surface area contributed by atoms with E-state index in [4.69, 9.17) is 0 Å². The van der Waals surface area contributed by atoms with E-state index in [9.17, 15) is 12.8 Å². The maximum absolute atomic E-state index is 13.1. The van der Waals surface area contributed by atoms with Crippen LogP contribution in [0, 0.1) is 40.4 Å². The van der Waals surface area contributed by atoms with Gasteiger partial charge in [0.1, 0.15) is 5.82 Å². The van der Waals surface area contributed by atoms with E-state index in [1.165, 1.54) is 24.5 Å². The molecular weight excluding hydrogens is 391 g/mol. The smallest absolute Gasteiger partial charge is 0.277 e. The number of hydrogen-bond donors (Lipinski definition) is 2. The minimum Gasteiger partial charge on any atom is -0.277 e. The number of benzene rings is 2. The fourth-order valence-corrected chi connectivity index (χ4v) is 4.72. The van der Waals surface area contributed by atoms with Crippen LogP contribution in [0.15, 0.2) is 40.5 Å². The Morgan fingerprint density at radius 2 is 1.52 bits per heavy atom. The summed E-state index contributed by atoms with van der Waals surface area (Å²) in [6, 6.07) is 5.89.